The minimum absolute atomic E-state index is 0. The summed E-state index contributed by atoms with van der Waals surface area (Å²) in [6.45, 7) is 3.09. The number of halogens is 2. The number of hydrogen-bond acceptors (Lipinski definition) is 4. The molecule has 2 aromatic rings. The summed E-state index contributed by atoms with van der Waals surface area (Å²) in [5, 5.41) is 6.84. The number of ether oxygens (including phenoxy) is 1. The zero-order valence-electron chi connectivity index (χ0n) is 18.8. The number of piperidine rings is 1. The van der Waals surface area contributed by atoms with Crippen LogP contribution in [0.2, 0.25) is 0 Å². The number of carbonyl (C=O) groups excluding carboxylic acids is 1. The van der Waals surface area contributed by atoms with Crippen molar-refractivity contribution in [1.29, 1.82) is 0 Å². The number of benzene rings is 2. The van der Waals surface area contributed by atoms with Gasteiger partial charge >= 0.3 is 0 Å². The highest BCUT2D eigenvalue weighted by Gasteiger charge is 2.25. The summed E-state index contributed by atoms with van der Waals surface area (Å²) in [6, 6.07) is 14.6. The van der Waals surface area contributed by atoms with Crippen molar-refractivity contribution in [3.05, 3.63) is 54.3 Å². The van der Waals surface area contributed by atoms with Crippen LogP contribution >= 0.6 is 24.0 Å². The van der Waals surface area contributed by atoms with Crippen molar-refractivity contribution in [2.24, 2.45) is 4.99 Å². The molecule has 1 unspecified atom stereocenters. The molecule has 9 heteroatoms. The van der Waals surface area contributed by atoms with Crippen LogP contribution in [0.25, 0.3) is 0 Å². The average Bonchev–Trinajstić information content (AvgIpc) is 2.82. The largest absolute Gasteiger partial charge is 0.482 e. The monoisotopic (exact) mass is 567 g/mol. The van der Waals surface area contributed by atoms with Crippen molar-refractivity contribution in [2.75, 3.05) is 49.6 Å². The summed E-state index contributed by atoms with van der Waals surface area (Å²) in [6.07, 6.45) is 2.84. The van der Waals surface area contributed by atoms with Gasteiger partial charge in [0.2, 0.25) is 0 Å². The van der Waals surface area contributed by atoms with E-state index in [2.05, 4.69) is 20.5 Å². The van der Waals surface area contributed by atoms with Crippen molar-refractivity contribution in [2.45, 2.75) is 25.3 Å². The zero-order chi connectivity index (χ0) is 22.3. The highest BCUT2D eigenvalue weighted by atomic mass is 127. The van der Waals surface area contributed by atoms with Gasteiger partial charge < -0.3 is 25.2 Å². The number of hydrogen-bond donors (Lipinski definition) is 2. The van der Waals surface area contributed by atoms with E-state index in [-0.39, 0.29) is 48.3 Å². The van der Waals surface area contributed by atoms with E-state index >= 15 is 0 Å². The number of rotatable bonds is 6. The number of guanidine groups is 1. The number of anilines is 2. The van der Waals surface area contributed by atoms with Gasteiger partial charge in [-0.25, -0.2) is 4.39 Å². The van der Waals surface area contributed by atoms with Crippen LogP contribution in [0, 0.1) is 5.82 Å². The Bertz CT molecular complexity index is 973. The summed E-state index contributed by atoms with van der Waals surface area (Å²) >= 11 is 0. The average molecular weight is 567 g/mol. The van der Waals surface area contributed by atoms with E-state index in [0.29, 0.717) is 13.1 Å². The second-order valence-electron chi connectivity index (χ2n) is 8.06. The van der Waals surface area contributed by atoms with Gasteiger partial charge in [0.05, 0.1) is 5.69 Å². The minimum Gasteiger partial charge on any atom is -0.482 e. The van der Waals surface area contributed by atoms with Crippen molar-refractivity contribution >= 4 is 47.2 Å². The molecule has 0 radical (unpaired) electrons. The van der Waals surface area contributed by atoms with Gasteiger partial charge in [0.15, 0.2) is 12.6 Å². The highest BCUT2D eigenvalue weighted by molar-refractivity contribution is 14.0. The van der Waals surface area contributed by atoms with Crippen molar-refractivity contribution in [3.63, 3.8) is 0 Å². The molecule has 0 spiro atoms. The number of fused-ring (bicyclic) bond motifs is 1. The molecule has 2 aromatic carbocycles. The molecule has 2 heterocycles. The van der Waals surface area contributed by atoms with Crippen LogP contribution in [-0.4, -0.2) is 57.7 Å². The first kappa shape index (κ1) is 25.1. The second-order valence-corrected chi connectivity index (χ2v) is 8.06. The summed E-state index contributed by atoms with van der Waals surface area (Å²) in [4.78, 5) is 20.6. The van der Waals surface area contributed by atoms with Crippen LogP contribution in [0.1, 0.15) is 19.3 Å². The molecule has 4 rings (SSSR count). The predicted molar refractivity (Wildman–Crippen MR) is 140 cm³/mol. The Balaban J connectivity index is 0.00000306. The van der Waals surface area contributed by atoms with Gasteiger partial charge in [0, 0.05) is 45.0 Å². The second kappa shape index (κ2) is 12.1. The lowest BCUT2D eigenvalue weighted by atomic mass is 10.0. The third kappa shape index (κ3) is 6.49. The van der Waals surface area contributed by atoms with Gasteiger partial charge in [-0.3, -0.25) is 9.79 Å². The Kier molecular flexibility index (Phi) is 9.16. The summed E-state index contributed by atoms with van der Waals surface area (Å²) < 4.78 is 19.1. The summed E-state index contributed by atoms with van der Waals surface area (Å²) in [7, 11) is 1.75. The van der Waals surface area contributed by atoms with Gasteiger partial charge in [-0.05, 0) is 49.6 Å². The fourth-order valence-corrected chi connectivity index (χ4v) is 4.23. The molecule has 1 atom stereocenters. The lowest BCUT2D eigenvalue weighted by molar-refractivity contribution is -0.121. The molecule has 33 heavy (non-hydrogen) atoms. The van der Waals surface area contributed by atoms with Crippen LogP contribution in [0.5, 0.6) is 5.75 Å². The Morgan fingerprint density at radius 1 is 1.24 bits per heavy atom. The first-order valence-electron chi connectivity index (χ1n) is 11.1. The Labute approximate surface area is 211 Å². The molecule has 0 aliphatic carbocycles. The standard InChI is InChI=1S/C24H30FN5O2.HI/c1-26-24(28-19-8-5-13-29(16-19)20-9-4-7-18(25)15-20)27-12-6-14-30-21-10-2-3-11-22(21)32-17-23(30)31;/h2-4,7,9-11,15,19H,5-6,8,12-14,16-17H2,1H3,(H2,26,27,28);1H. The molecule has 1 fully saturated rings. The minimum atomic E-state index is -0.212. The predicted octanol–water partition coefficient (Wildman–Crippen LogP) is 3.39. The SMILES string of the molecule is CN=C(NCCCN1C(=O)COc2ccccc21)NC1CCCN(c2cccc(F)c2)C1.I. The normalized spacial score (nSPS) is 18.2. The van der Waals surface area contributed by atoms with Crippen LogP contribution in [0.15, 0.2) is 53.5 Å². The van der Waals surface area contributed by atoms with E-state index in [1.54, 1.807) is 24.1 Å². The van der Waals surface area contributed by atoms with E-state index in [0.717, 1.165) is 55.4 Å². The maximum Gasteiger partial charge on any atom is 0.265 e. The topological polar surface area (TPSA) is 69.2 Å². The smallest absolute Gasteiger partial charge is 0.265 e. The third-order valence-electron chi connectivity index (χ3n) is 5.82. The van der Waals surface area contributed by atoms with E-state index in [4.69, 9.17) is 4.74 Å². The summed E-state index contributed by atoms with van der Waals surface area (Å²) in [5.41, 5.74) is 1.74. The molecule has 0 saturated carbocycles. The number of nitrogens with zero attached hydrogens (tertiary/aromatic N) is 3. The Morgan fingerprint density at radius 3 is 2.91 bits per heavy atom. The molecule has 0 aromatic heterocycles. The van der Waals surface area contributed by atoms with Crippen LogP contribution in [0.3, 0.4) is 0 Å². The van der Waals surface area contributed by atoms with Crippen LogP contribution in [-0.2, 0) is 4.79 Å². The highest BCUT2D eigenvalue weighted by Crippen LogP contribution is 2.31. The fourth-order valence-electron chi connectivity index (χ4n) is 4.23. The van der Waals surface area contributed by atoms with Crippen molar-refractivity contribution in [3.8, 4) is 5.75 Å². The van der Waals surface area contributed by atoms with E-state index < -0.39 is 0 Å². The molecule has 2 N–H and O–H groups in total. The van der Waals surface area contributed by atoms with Crippen molar-refractivity contribution in [1.82, 2.24) is 10.6 Å². The molecule has 0 bridgehead atoms. The molecule has 7 nitrogen and oxygen atoms in total. The van der Waals surface area contributed by atoms with E-state index in [1.165, 1.54) is 6.07 Å². The molecule has 2 aliphatic heterocycles. The van der Waals surface area contributed by atoms with Gasteiger partial charge in [-0.1, -0.05) is 18.2 Å². The van der Waals surface area contributed by atoms with Crippen LogP contribution < -0.4 is 25.2 Å². The van der Waals surface area contributed by atoms with Gasteiger partial charge in [-0.2, -0.15) is 0 Å². The molecule has 1 amide bonds. The molecule has 1 saturated heterocycles. The van der Waals surface area contributed by atoms with Gasteiger partial charge in [0.1, 0.15) is 11.6 Å². The maximum absolute atomic E-state index is 13.6. The Morgan fingerprint density at radius 2 is 2.09 bits per heavy atom. The lowest BCUT2D eigenvalue weighted by Crippen LogP contribution is -2.51. The molecular formula is C24H31FIN5O2. The first-order chi connectivity index (χ1) is 15.6. The maximum atomic E-state index is 13.6. The van der Waals surface area contributed by atoms with Crippen molar-refractivity contribution < 1.29 is 13.9 Å². The number of aliphatic imine (C=N–C) groups is 1. The van der Waals surface area contributed by atoms with E-state index in [1.807, 2.05) is 30.3 Å². The van der Waals surface area contributed by atoms with Gasteiger partial charge in [-0.15, -0.1) is 24.0 Å². The molecule has 178 valence electrons. The Hall–Kier alpha value is -2.56. The quantitative estimate of drug-likeness (QED) is 0.243. The lowest BCUT2D eigenvalue weighted by Gasteiger charge is -2.35. The first-order valence-corrected chi connectivity index (χ1v) is 11.1. The zero-order valence-corrected chi connectivity index (χ0v) is 21.1. The number of carbonyl (C=O) groups is 1. The third-order valence-corrected chi connectivity index (χ3v) is 5.82. The number of amides is 1. The fraction of sp³-hybridized carbons (Fsp3) is 0.417. The van der Waals surface area contributed by atoms with Crippen LogP contribution in [0.4, 0.5) is 15.8 Å². The number of nitrogens with one attached hydrogen (secondary N) is 2. The summed E-state index contributed by atoms with van der Waals surface area (Å²) in [5.74, 6) is 1.25. The number of para-hydroxylation sites is 2. The van der Waals surface area contributed by atoms with E-state index in [9.17, 15) is 9.18 Å². The van der Waals surface area contributed by atoms with Gasteiger partial charge in [0.25, 0.3) is 5.91 Å². The molecular weight excluding hydrogens is 536 g/mol. The molecule has 2 aliphatic rings.